The summed E-state index contributed by atoms with van der Waals surface area (Å²) in [6, 6.07) is 7.65. The van der Waals surface area contributed by atoms with Crippen LogP contribution in [0.25, 0.3) is 10.8 Å². The van der Waals surface area contributed by atoms with Crippen molar-refractivity contribution in [1.29, 1.82) is 0 Å². The molecule has 39 heavy (non-hydrogen) atoms. The first-order chi connectivity index (χ1) is 18.5. The van der Waals surface area contributed by atoms with E-state index in [1.54, 1.807) is 18.2 Å². The largest absolute Gasteiger partial charge is 0.494 e. The Bertz CT molecular complexity index is 1360. The minimum atomic E-state index is -0.520. The summed E-state index contributed by atoms with van der Waals surface area (Å²) in [5.41, 5.74) is 0.790. The summed E-state index contributed by atoms with van der Waals surface area (Å²) in [4.78, 5) is 35.8. The molecule has 1 fully saturated rings. The molecule has 2 aromatic heterocycles. The normalized spacial score (nSPS) is 14.0. The second kappa shape index (κ2) is 11.8. The van der Waals surface area contributed by atoms with Gasteiger partial charge in [-0.05, 0) is 53.1 Å². The second-order valence-corrected chi connectivity index (χ2v) is 10.7. The molecule has 0 radical (unpaired) electrons. The fraction of sp³-hybridized carbons (Fsp3) is 0.481. The van der Waals surface area contributed by atoms with Crippen molar-refractivity contribution in [3.8, 4) is 5.75 Å². The molecule has 12 heteroatoms. The van der Waals surface area contributed by atoms with Crippen LogP contribution in [-0.2, 0) is 4.74 Å². The molecule has 3 N–H and O–H groups in total. The van der Waals surface area contributed by atoms with Crippen LogP contribution in [0.3, 0.4) is 0 Å². The zero-order valence-electron chi connectivity index (χ0n) is 23.5. The van der Waals surface area contributed by atoms with Gasteiger partial charge in [0, 0.05) is 56.4 Å². The summed E-state index contributed by atoms with van der Waals surface area (Å²) >= 11 is 0. The minimum absolute atomic E-state index is 0.289. The van der Waals surface area contributed by atoms with Crippen LogP contribution < -0.4 is 25.8 Å². The fourth-order valence-corrected chi connectivity index (χ4v) is 4.29. The number of H-pyrrole nitrogens is 1. The molecule has 0 aliphatic carbocycles. The summed E-state index contributed by atoms with van der Waals surface area (Å²) in [7, 11) is 5.61. The quantitative estimate of drug-likeness (QED) is 0.394. The van der Waals surface area contributed by atoms with E-state index in [-0.39, 0.29) is 11.7 Å². The molecule has 0 unspecified atom stereocenters. The maximum absolute atomic E-state index is 12.7. The van der Waals surface area contributed by atoms with Crippen molar-refractivity contribution in [2.75, 3.05) is 76.0 Å². The van der Waals surface area contributed by atoms with Gasteiger partial charge in [-0.1, -0.05) is 0 Å². The number of fused-ring (bicyclic) bond motifs is 1. The van der Waals surface area contributed by atoms with E-state index in [4.69, 9.17) is 9.47 Å². The number of pyridine rings is 1. The Labute approximate surface area is 228 Å². The molecule has 0 atom stereocenters. The first-order valence-corrected chi connectivity index (χ1v) is 13.0. The van der Waals surface area contributed by atoms with Crippen molar-refractivity contribution in [3.63, 3.8) is 0 Å². The van der Waals surface area contributed by atoms with Gasteiger partial charge in [0.1, 0.15) is 23.0 Å². The van der Waals surface area contributed by atoms with Gasteiger partial charge in [0.15, 0.2) is 0 Å². The predicted octanol–water partition coefficient (Wildman–Crippen LogP) is 3.10. The first-order valence-electron chi connectivity index (χ1n) is 13.0. The van der Waals surface area contributed by atoms with Crippen LogP contribution in [0.2, 0.25) is 0 Å². The van der Waals surface area contributed by atoms with Gasteiger partial charge in [-0.2, -0.15) is 5.10 Å². The summed E-state index contributed by atoms with van der Waals surface area (Å²) in [6.45, 7) is 9.60. The lowest BCUT2D eigenvalue weighted by molar-refractivity contribution is 0.0240. The smallest absolute Gasteiger partial charge is 0.410 e. The van der Waals surface area contributed by atoms with E-state index in [1.807, 2.05) is 59.1 Å². The van der Waals surface area contributed by atoms with Crippen molar-refractivity contribution >= 4 is 39.9 Å². The number of hydrogen-bond donors (Lipinski definition) is 3. The highest BCUT2D eigenvalue weighted by molar-refractivity contribution is 5.94. The SMILES string of the molecule is COc1cc(N2CCN(C(=O)OC(C)(C)C)CC2)ccc1Nc1nc(NCCN(C)C)cc2cn[nH]c(=O)c12. The number of aromatic amines is 1. The van der Waals surface area contributed by atoms with Crippen LogP contribution in [0.5, 0.6) is 5.75 Å². The monoisotopic (exact) mass is 538 g/mol. The van der Waals surface area contributed by atoms with Crippen LogP contribution in [0, 0.1) is 0 Å². The topological polar surface area (TPSA) is 128 Å². The van der Waals surface area contributed by atoms with E-state index in [1.165, 1.54) is 0 Å². The average Bonchev–Trinajstić information content (AvgIpc) is 2.88. The molecule has 3 heterocycles. The highest BCUT2D eigenvalue weighted by Gasteiger charge is 2.26. The number of methoxy groups -OCH3 is 1. The number of carbonyl (C=O) groups is 1. The van der Waals surface area contributed by atoms with E-state index in [0.29, 0.717) is 66.6 Å². The molecule has 1 amide bonds. The number of carbonyl (C=O) groups excluding carboxylic acids is 1. The number of anilines is 4. The van der Waals surface area contributed by atoms with Crippen molar-refractivity contribution in [1.82, 2.24) is 25.0 Å². The van der Waals surface area contributed by atoms with Gasteiger partial charge in [0.2, 0.25) is 0 Å². The van der Waals surface area contributed by atoms with E-state index >= 15 is 0 Å². The number of likely N-dealkylation sites (N-methyl/N-ethyl adjacent to an activating group) is 1. The maximum atomic E-state index is 12.7. The Morgan fingerprint density at radius 3 is 2.56 bits per heavy atom. The Balaban J connectivity index is 1.53. The summed E-state index contributed by atoms with van der Waals surface area (Å²) in [5, 5.41) is 14.1. The second-order valence-electron chi connectivity index (χ2n) is 10.7. The summed E-state index contributed by atoms with van der Waals surface area (Å²) in [6.07, 6.45) is 1.32. The van der Waals surface area contributed by atoms with Gasteiger partial charge in [-0.3, -0.25) is 4.79 Å². The molecule has 0 spiro atoms. The first kappa shape index (κ1) is 28.0. The van der Waals surface area contributed by atoms with Crippen molar-refractivity contribution in [2.45, 2.75) is 26.4 Å². The standard InChI is InChI=1S/C27H38N8O4/c1-27(2,3)39-26(37)35-13-11-34(12-14-35)19-7-8-20(21(16-19)38-6)30-24-23-18(17-29-32-25(23)36)15-22(31-24)28-9-10-33(4)5/h7-8,15-17H,9-14H2,1-6H3,(H,32,36)(H2,28,30,31). The number of nitrogens with one attached hydrogen (secondary N) is 3. The van der Waals surface area contributed by atoms with Crippen molar-refractivity contribution in [3.05, 3.63) is 40.8 Å². The molecule has 12 nitrogen and oxygen atoms in total. The number of nitrogens with zero attached hydrogens (tertiary/aromatic N) is 5. The van der Waals surface area contributed by atoms with Crippen LogP contribution in [-0.4, -0.2) is 97.1 Å². The van der Waals surface area contributed by atoms with Crippen LogP contribution in [0.1, 0.15) is 20.8 Å². The van der Waals surface area contributed by atoms with Crippen molar-refractivity contribution in [2.24, 2.45) is 0 Å². The molecule has 1 aliphatic rings. The summed E-state index contributed by atoms with van der Waals surface area (Å²) < 4.78 is 11.2. The molecule has 1 aromatic carbocycles. The zero-order valence-corrected chi connectivity index (χ0v) is 23.5. The van der Waals surface area contributed by atoms with Crippen molar-refractivity contribution < 1.29 is 14.3 Å². The predicted molar refractivity (Wildman–Crippen MR) is 153 cm³/mol. The molecule has 0 bridgehead atoms. The third-order valence-electron chi connectivity index (χ3n) is 6.25. The molecule has 210 valence electrons. The lowest BCUT2D eigenvalue weighted by atomic mass is 10.2. The van der Waals surface area contributed by atoms with Gasteiger partial charge >= 0.3 is 6.09 Å². The van der Waals surface area contributed by atoms with Crippen LogP contribution >= 0.6 is 0 Å². The summed E-state index contributed by atoms with van der Waals surface area (Å²) in [5.74, 6) is 1.65. The van der Waals surface area contributed by atoms with Crippen LogP contribution in [0.4, 0.5) is 27.8 Å². The molecular weight excluding hydrogens is 500 g/mol. The zero-order chi connectivity index (χ0) is 28.2. The highest BCUT2D eigenvalue weighted by atomic mass is 16.6. The third-order valence-corrected chi connectivity index (χ3v) is 6.25. The number of amides is 1. The van der Waals surface area contributed by atoms with Gasteiger partial charge in [0.05, 0.1) is 24.4 Å². The Morgan fingerprint density at radius 1 is 1.15 bits per heavy atom. The number of aromatic nitrogens is 3. The number of ether oxygens (including phenoxy) is 2. The third kappa shape index (κ3) is 7.08. The van der Waals surface area contributed by atoms with Gasteiger partial charge in [0.25, 0.3) is 5.56 Å². The molecule has 0 saturated carbocycles. The van der Waals surface area contributed by atoms with Gasteiger partial charge in [-0.15, -0.1) is 0 Å². The molecule has 4 rings (SSSR count). The van der Waals surface area contributed by atoms with E-state index in [0.717, 1.165) is 12.2 Å². The molecule has 3 aromatic rings. The van der Waals surface area contributed by atoms with E-state index < -0.39 is 5.60 Å². The number of piperazine rings is 1. The molecule has 1 aliphatic heterocycles. The molecule has 1 saturated heterocycles. The lowest BCUT2D eigenvalue weighted by Gasteiger charge is -2.37. The highest BCUT2D eigenvalue weighted by Crippen LogP contribution is 2.34. The lowest BCUT2D eigenvalue weighted by Crippen LogP contribution is -2.50. The number of rotatable bonds is 8. The average molecular weight is 539 g/mol. The Hall–Kier alpha value is -4.06. The fourth-order valence-electron chi connectivity index (χ4n) is 4.29. The Kier molecular flexibility index (Phi) is 8.44. The maximum Gasteiger partial charge on any atom is 0.410 e. The Morgan fingerprint density at radius 2 is 1.90 bits per heavy atom. The van der Waals surface area contributed by atoms with Gasteiger partial charge < -0.3 is 34.8 Å². The van der Waals surface area contributed by atoms with Gasteiger partial charge in [-0.25, -0.2) is 14.9 Å². The van der Waals surface area contributed by atoms with Crippen LogP contribution in [0.15, 0.2) is 35.3 Å². The number of benzene rings is 1. The minimum Gasteiger partial charge on any atom is -0.494 e. The van der Waals surface area contributed by atoms with E-state index in [9.17, 15) is 9.59 Å². The van der Waals surface area contributed by atoms with E-state index in [2.05, 4.69) is 35.6 Å². The number of hydrogen-bond acceptors (Lipinski definition) is 10. The molecular formula is C27H38N8O4.